The van der Waals surface area contributed by atoms with Gasteiger partial charge in [-0.1, -0.05) is 35.9 Å². The molecule has 1 N–H and O–H groups in total. The quantitative estimate of drug-likeness (QED) is 0.211. The highest BCUT2D eigenvalue weighted by molar-refractivity contribution is 6.51. The standard InChI is InChI=1S/C29H26FNO6/c1-16(2)37-29(35)19-9-6-10-21(14-19)31-25(18-8-5-7-17(3)13-18)24(27(33)28(31)34)26(32)22-15-20(30)11-12-23(22)36-4/h5-16,25,32H,1-4H3/b26-24+. The van der Waals surface area contributed by atoms with Crippen molar-refractivity contribution in [3.05, 3.63) is 100 Å². The second kappa shape index (κ2) is 10.3. The molecule has 37 heavy (non-hydrogen) atoms. The number of aliphatic hydroxyl groups is 1. The third-order valence-corrected chi connectivity index (χ3v) is 5.92. The highest BCUT2D eigenvalue weighted by Crippen LogP contribution is 2.43. The maximum Gasteiger partial charge on any atom is 0.338 e. The summed E-state index contributed by atoms with van der Waals surface area (Å²) in [6.45, 7) is 5.30. The summed E-state index contributed by atoms with van der Waals surface area (Å²) in [5.74, 6) is -3.53. The zero-order valence-corrected chi connectivity index (χ0v) is 20.8. The van der Waals surface area contributed by atoms with E-state index in [0.717, 1.165) is 17.7 Å². The van der Waals surface area contributed by atoms with Crippen molar-refractivity contribution < 1.29 is 33.4 Å². The fourth-order valence-corrected chi connectivity index (χ4v) is 4.33. The molecule has 1 fully saturated rings. The molecule has 0 saturated carbocycles. The minimum Gasteiger partial charge on any atom is -0.507 e. The maximum atomic E-state index is 14.1. The minimum atomic E-state index is -1.05. The van der Waals surface area contributed by atoms with Crippen LogP contribution in [0, 0.1) is 12.7 Å². The number of nitrogens with zero attached hydrogens (tertiary/aromatic N) is 1. The number of ketones is 1. The third kappa shape index (κ3) is 4.95. The van der Waals surface area contributed by atoms with E-state index in [1.165, 1.54) is 24.1 Å². The van der Waals surface area contributed by atoms with Gasteiger partial charge in [0.15, 0.2) is 0 Å². The van der Waals surface area contributed by atoms with Gasteiger partial charge in [-0.3, -0.25) is 14.5 Å². The second-order valence-electron chi connectivity index (χ2n) is 8.93. The molecule has 0 aromatic heterocycles. The van der Waals surface area contributed by atoms with Gasteiger partial charge >= 0.3 is 5.97 Å². The molecule has 1 heterocycles. The number of aliphatic hydroxyl groups excluding tert-OH is 1. The average molecular weight is 504 g/mol. The van der Waals surface area contributed by atoms with Crippen molar-refractivity contribution in [1.29, 1.82) is 0 Å². The van der Waals surface area contributed by atoms with Crippen molar-refractivity contribution in [1.82, 2.24) is 0 Å². The predicted octanol–water partition coefficient (Wildman–Crippen LogP) is 5.33. The number of hydrogen-bond donors (Lipinski definition) is 1. The van der Waals surface area contributed by atoms with Gasteiger partial charge in [-0.05, 0) is 62.7 Å². The normalized spacial score (nSPS) is 16.8. The molecule has 190 valence electrons. The Bertz CT molecular complexity index is 1430. The molecule has 8 heteroatoms. The SMILES string of the molecule is COc1ccc(F)cc1/C(O)=C1\C(=O)C(=O)N(c2cccc(C(=O)OC(C)C)c2)C1c1cccc(C)c1. The number of amides is 1. The van der Waals surface area contributed by atoms with Crippen molar-refractivity contribution in [2.45, 2.75) is 32.9 Å². The van der Waals surface area contributed by atoms with Crippen LogP contribution in [0.4, 0.5) is 10.1 Å². The number of rotatable bonds is 6. The molecule has 1 aliphatic rings. The number of ether oxygens (including phenoxy) is 2. The molecule has 0 radical (unpaired) electrons. The number of benzene rings is 3. The minimum absolute atomic E-state index is 0.0626. The fraction of sp³-hybridized carbons (Fsp3) is 0.207. The maximum absolute atomic E-state index is 14.1. The topological polar surface area (TPSA) is 93.1 Å². The van der Waals surface area contributed by atoms with Gasteiger partial charge in [-0.15, -0.1) is 0 Å². The van der Waals surface area contributed by atoms with Crippen molar-refractivity contribution >= 4 is 29.1 Å². The number of halogens is 1. The van der Waals surface area contributed by atoms with E-state index in [2.05, 4.69) is 0 Å². The van der Waals surface area contributed by atoms with Crippen LogP contribution in [-0.4, -0.2) is 36.0 Å². The Morgan fingerprint density at radius 3 is 2.43 bits per heavy atom. The van der Waals surface area contributed by atoms with Crippen LogP contribution in [0.1, 0.15) is 46.9 Å². The van der Waals surface area contributed by atoms with Gasteiger partial charge in [0.05, 0.1) is 36.0 Å². The van der Waals surface area contributed by atoms with Gasteiger partial charge in [0, 0.05) is 5.69 Å². The molecule has 4 rings (SSSR count). The molecular weight excluding hydrogens is 477 g/mol. The summed E-state index contributed by atoms with van der Waals surface area (Å²) in [7, 11) is 1.35. The molecule has 3 aromatic rings. The first-order chi connectivity index (χ1) is 17.6. The molecule has 3 aromatic carbocycles. The lowest BCUT2D eigenvalue weighted by molar-refractivity contribution is -0.132. The molecule has 1 unspecified atom stereocenters. The number of hydrogen-bond acceptors (Lipinski definition) is 6. The number of aryl methyl sites for hydroxylation is 1. The zero-order chi connectivity index (χ0) is 26.9. The Morgan fingerprint density at radius 2 is 1.76 bits per heavy atom. The van der Waals surface area contributed by atoms with E-state index in [-0.39, 0.29) is 34.2 Å². The number of Topliss-reactive ketones (excluding diaryl/α,β-unsaturated/α-hetero) is 1. The van der Waals surface area contributed by atoms with Gasteiger partial charge < -0.3 is 14.6 Å². The van der Waals surface area contributed by atoms with Crippen LogP contribution in [-0.2, 0) is 14.3 Å². The molecule has 0 aliphatic carbocycles. The number of carbonyl (C=O) groups excluding carboxylic acids is 3. The van der Waals surface area contributed by atoms with Gasteiger partial charge in [-0.2, -0.15) is 0 Å². The second-order valence-corrected chi connectivity index (χ2v) is 8.93. The van der Waals surface area contributed by atoms with E-state index in [4.69, 9.17) is 9.47 Å². The van der Waals surface area contributed by atoms with Gasteiger partial charge in [0.25, 0.3) is 11.7 Å². The van der Waals surface area contributed by atoms with Gasteiger partial charge in [0.1, 0.15) is 17.3 Å². The first kappa shape index (κ1) is 25.6. The molecule has 1 atom stereocenters. The van der Waals surface area contributed by atoms with E-state index < -0.39 is 35.3 Å². The van der Waals surface area contributed by atoms with E-state index in [1.54, 1.807) is 50.2 Å². The summed E-state index contributed by atoms with van der Waals surface area (Å²) in [6.07, 6.45) is -0.348. The van der Waals surface area contributed by atoms with Crippen LogP contribution < -0.4 is 9.64 Å². The van der Waals surface area contributed by atoms with Crippen LogP contribution in [0.15, 0.2) is 72.3 Å². The van der Waals surface area contributed by atoms with Gasteiger partial charge in [0.2, 0.25) is 0 Å². The summed E-state index contributed by atoms with van der Waals surface area (Å²) in [4.78, 5) is 40.6. The highest BCUT2D eigenvalue weighted by atomic mass is 19.1. The number of methoxy groups -OCH3 is 1. The summed E-state index contributed by atoms with van der Waals surface area (Å²) in [5, 5.41) is 11.3. The van der Waals surface area contributed by atoms with Crippen molar-refractivity contribution in [2.24, 2.45) is 0 Å². The lowest BCUT2D eigenvalue weighted by atomic mass is 9.94. The van der Waals surface area contributed by atoms with Crippen LogP contribution in [0.2, 0.25) is 0 Å². The molecule has 0 bridgehead atoms. The van der Waals surface area contributed by atoms with Crippen LogP contribution >= 0.6 is 0 Å². The number of esters is 1. The fourth-order valence-electron chi connectivity index (χ4n) is 4.33. The first-order valence-corrected chi connectivity index (χ1v) is 11.6. The molecule has 0 spiro atoms. The van der Waals surface area contributed by atoms with E-state index in [9.17, 15) is 23.9 Å². The highest BCUT2D eigenvalue weighted by Gasteiger charge is 2.47. The average Bonchev–Trinajstić information content (AvgIpc) is 3.13. The molecule has 1 amide bonds. The lowest BCUT2D eigenvalue weighted by Gasteiger charge is -2.26. The summed E-state index contributed by atoms with van der Waals surface area (Å²) < 4.78 is 24.7. The van der Waals surface area contributed by atoms with Crippen LogP contribution in [0.25, 0.3) is 5.76 Å². The Balaban J connectivity index is 1.94. The first-order valence-electron chi connectivity index (χ1n) is 11.6. The Hall–Kier alpha value is -4.46. The Labute approximate surface area is 213 Å². The lowest BCUT2D eigenvalue weighted by Crippen LogP contribution is -2.29. The molecular formula is C29H26FNO6. The van der Waals surface area contributed by atoms with Crippen molar-refractivity contribution in [3.8, 4) is 5.75 Å². The smallest absolute Gasteiger partial charge is 0.338 e. The van der Waals surface area contributed by atoms with Crippen molar-refractivity contribution in [2.75, 3.05) is 12.0 Å². The number of anilines is 1. The van der Waals surface area contributed by atoms with Crippen LogP contribution in [0.5, 0.6) is 5.75 Å². The van der Waals surface area contributed by atoms with E-state index in [0.29, 0.717) is 5.56 Å². The van der Waals surface area contributed by atoms with Crippen molar-refractivity contribution in [3.63, 3.8) is 0 Å². The third-order valence-electron chi connectivity index (χ3n) is 5.92. The molecule has 1 aliphatic heterocycles. The van der Waals surface area contributed by atoms with E-state index >= 15 is 0 Å². The monoisotopic (exact) mass is 503 g/mol. The molecule has 1 saturated heterocycles. The molecule has 7 nitrogen and oxygen atoms in total. The summed E-state index contributed by atoms with van der Waals surface area (Å²) >= 11 is 0. The summed E-state index contributed by atoms with van der Waals surface area (Å²) in [5.41, 5.74) is 1.58. The van der Waals surface area contributed by atoms with Gasteiger partial charge in [-0.25, -0.2) is 9.18 Å². The van der Waals surface area contributed by atoms with E-state index in [1.807, 2.05) is 13.0 Å². The Morgan fingerprint density at radius 1 is 1.03 bits per heavy atom. The Kier molecular flexibility index (Phi) is 7.11. The summed E-state index contributed by atoms with van der Waals surface area (Å²) in [6, 6.07) is 15.8. The number of carbonyl (C=O) groups is 3. The van der Waals surface area contributed by atoms with Crippen LogP contribution in [0.3, 0.4) is 0 Å². The zero-order valence-electron chi connectivity index (χ0n) is 20.8. The predicted molar refractivity (Wildman–Crippen MR) is 136 cm³/mol. The largest absolute Gasteiger partial charge is 0.507 e.